The third-order valence-corrected chi connectivity index (χ3v) is 3.61. The first-order valence-corrected chi connectivity index (χ1v) is 6.73. The first-order chi connectivity index (χ1) is 7.93. The molecule has 0 aliphatic carbocycles. The monoisotopic (exact) mass is 256 g/mol. The van der Waals surface area contributed by atoms with Crippen molar-refractivity contribution in [1.29, 1.82) is 0 Å². The maximum Gasteiger partial charge on any atom is 0.347 e. The van der Waals surface area contributed by atoms with Gasteiger partial charge in [-0.25, -0.2) is 9.78 Å². The molecule has 0 amide bonds. The van der Waals surface area contributed by atoms with E-state index < -0.39 is 5.97 Å². The highest BCUT2D eigenvalue weighted by Crippen LogP contribution is 2.22. The molecule has 96 valence electrons. The molecule has 0 aliphatic heterocycles. The Hall–Kier alpha value is -0.940. The highest BCUT2D eigenvalue weighted by Gasteiger charge is 2.18. The first kappa shape index (κ1) is 14.1. The normalized spacial score (nSPS) is 13.0. The van der Waals surface area contributed by atoms with Gasteiger partial charge in [0.15, 0.2) is 0 Å². The lowest BCUT2D eigenvalue weighted by Crippen LogP contribution is -2.21. The number of aromatic nitrogens is 1. The quantitative estimate of drug-likeness (QED) is 0.819. The summed E-state index contributed by atoms with van der Waals surface area (Å²) in [7, 11) is 0. The zero-order valence-electron chi connectivity index (χ0n) is 10.6. The van der Waals surface area contributed by atoms with Crippen molar-refractivity contribution in [1.82, 2.24) is 4.98 Å². The van der Waals surface area contributed by atoms with Crippen molar-refractivity contribution in [3.63, 3.8) is 0 Å². The van der Waals surface area contributed by atoms with Crippen LogP contribution in [0.25, 0.3) is 0 Å². The minimum atomic E-state index is -0.880. The van der Waals surface area contributed by atoms with Crippen LogP contribution in [0, 0.1) is 5.92 Å². The van der Waals surface area contributed by atoms with Crippen LogP contribution in [0.5, 0.6) is 0 Å². The van der Waals surface area contributed by atoms with E-state index in [9.17, 15) is 4.79 Å². The van der Waals surface area contributed by atoms with Crippen molar-refractivity contribution < 1.29 is 9.90 Å². The molecule has 0 saturated heterocycles. The molecule has 0 aromatic carbocycles. The standard InChI is InChI=1S/C12H20N2O2S/c1-4-8(13)6-10-14-9(5-7(2)3)11(17-10)12(15)16/h7-8H,4-6,13H2,1-3H3,(H,15,16). The zero-order valence-corrected chi connectivity index (χ0v) is 11.4. The molecule has 0 bridgehead atoms. The van der Waals surface area contributed by atoms with Gasteiger partial charge in [0.25, 0.3) is 0 Å². The maximum absolute atomic E-state index is 11.1. The predicted molar refractivity (Wildman–Crippen MR) is 69.6 cm³/mol. The van der Waals surface area contributed by atoms with Crippen molar-refractivity contribution in [2.45, 2.75) is 46.1 Å². The van der Waals surface area contributed by atoms with E-state index in [1.807, 2.05) is 6.92 Å². The molecule has 0 saturated carbocycles. The van der Waals surface area contributed by atoms with Gasteiger partial charge in [-0.2, -0.15) is 0 Å². The Balaban J connectivity index is 2.91. The number of hydrogen-bond acceptors (Lipinski definition) is 4. The Morgan fingerprint density at radius 2 is 2.12 bits per heavy atom. The van der Waals surface area contributed by atoms with E-state index in [4.69, 9.17) is 10.8 Å². The fourth-order valence-corrected chi connectivity index (χ4v) is 2.57. The van der Waals surface area contributed by atoms with E-state index in [-0.39, 0.29) is 6.04 Å². The topological polar surface area (TPSA) is 76.2 Å². The Labute approximate surface area is 106 Å². The number of carboxylic acid groups (broad SMARTS) is 1. The second-order valence-corrected chi connectivity index (χ2v) is 5.74. The minimum absolute atomic E-state index is 0.0645. The molecular formula is C12H20N2O2S. The van der Waals surface area contributed by atoms with E-state index in [0.717, 1.165) is 11.4 Å². The lowest BCUT2D eigenvalue weighted by molar-refractivity contribution is 0.0700. The molecule has 1 atom stereocenters. The molecule has 3 N–H and O–H groups in total. The predicted octanol–water partition coefficient (Wildman–Crippen LogP) is 2.32. The van der Waals surface area contributed by atoms with E-state index in [1.165, 1.54) is 11.3 Å². The van der Waals surface area contributed by atoms with Gasteiger partial charge >= 0.3 is 5.97 Å². The van der Waals surface area contributed by atoms with Gasteiger partial charge in [0.1, 0.15) is 4.88 Å². The summed E-state index contributed by atoms with van der Waals surface area (Å²) in [5.74, 6) is -0.475. The second-order valence-electron chi connectivity index (χ2n) is 4.66. The van der Waals surface area contributed by atoms with Crippen molar-refractivity contribution in [2.24, 2.45) is 11.7 Å². The highest BCUT2D eigenvalue weighted by molar-refractivity contribution is 7.13. The molecule has 4 nitrogen and oxygen atoms in total. The number of carbonyl (C=O) groups is 1. The fraction of sp³-hybridized carbons (Fsp3) is 0.667. The summed E-state index contributed by atoms with van der Waals surface area (Å²) < 4.78 is 0. The van der Waals surface area contributed by atoms with Crippen LogP contribution in [0.1, 0.15) is 47.6 Å². The SMILES string of the molecule is CCC(N)Cc1nc(CC(C)C)c(C(=O)O)s1. The molecule has 17 heavy (non-hydrogen) atoms. The van der Waals surface area contributed by atoms with Crippen molar-refractivity contribution in [3.05, 3.63) is 15.6 Å². The number of nitrogens with zero attached hydrogens (tertiary/aromatic N) is 1. The lowest BCUT2D eigenvalue weighted by Gasteiger charge is -2.04. The first-order valence-electron chi connectivity index (χ1n) is 5.91. The van der Waals surface area contributed by atoms with E-state index >= 15 is 0 Å². The molecular weight excluding hydrogens is 236 g/mol. The Morgan fingerprint density at radius 3 is 2.59 bits per heavy atom. The van der Waals surface area contributed by atoms with Gasteiger partial charge in [-0.3, -0.25) is 0 Å². The Kier molecular flexibility index (Phi) is 5.08. The number of thiazole rings is 1. The summed E-state index contributed by atoms with van der Waals surface area (Å²) in [4.78, 5) is 15.9. The lowest BCUT2D eigenvalue weighted by atomic mass is 10.1. The maximum atomic E-state index is 11.1. The minimum Gasteiger partial charge on any atom is -0.477 e. The molecule has 0 aliphatic rings. The van der Waals surface area contributed by atoms with Gasteiger partial charge in [0.05, 0.1) is 10.7 Å². The third kappa shape index (κ3) is 4.09. The van der Waals surface area contributed by atoms with Crippen molar-refractivity contribution in [2.75, 3.05) is 0 Å². The molecule has 0 spiro atoms. The van der Waals surface area contributed by atoms with Crippen LogP contribution >= 0.6 is 11.3 Å². The Morgan fingerprint density at radius 1 is 1.47 bits per heavy atom. The number of carboxylic acids is 1. The molecule has 1 unspecified atom stereocenters. The van der Waals surface area contributed by atoms with Crippen molar-refractivity contribution in [3.8, 4) is 0 Å². The largest absolute Gasteiger partial charge is 0.477 e. The van der Waals surface area contributed by atoms with Gasteiger partial charge in [-0.05, 0) is 18.8 Å². The summed E-state index contributed by atoms with van der Waals surface area (Å²) in [5, 5.41) is 9.96. The third-order valence-electron chi connectivity index (χ3n) is 2.50. The van der Waals surface area contributed by atoms with Gasteiger partial charge in [0, 0.05) is 12.5 Å². The summed E-state index contributed by atoms with van der Waals surface area (Å²) in [6.07, 6.45) is 2.25. The van der Waals surface area contributed by atoms with Crippen LogP contribution in [0.3, 0.4) is 0 Å². The van der Waals surface area contributed by atoms with Gasteiger partial charge in [-0.15, -0.1) is 11.3 Å². The van der Waals surface area contributed by atoms with Gasteiger partial charge in [-0.1, -0.05) is 20.8 Å². The van der Waals surface area contributed by atoms with Crippen LogP contribution < -0.4 is 5.73 Å². The fourth-order valence-electron chi connectivity index (χ4n) is 1.55. The van der Waals surface area contributed by atoms with E-state index in [0.29, 0.717) is 29.3 Å². The summed E-state index contributed by atoms with van der Waals surface area (Å²) in [6.45, 7) is 6.14. The van der Waals surface area contributed by atoms with Crippen LogP contribution in [0.15, 0.2) is 0 Å². The molecule has 0 radical (unpaired) electrons. The van der Waals surface area contributed by atoms with Gasteiger partial charge in [0.2, 0.25) is 0 Å². The molecule has 1 aromatic heterocycles. The number of hydrogen-bond donors (Lipinski definition) is 2. The van der Waals surface area contributed by atoms with Crippen LogP contribution in [0.2, 0.25) is 0 Å². The Bertz CT molecular complexity index is 388. The summed E-state index contributed by atoms with van der Waals surface area (Å²) in [5.41, 5.74) is 6.57. The molecule has 5 heteroatoms. The molecule has 1 aromatic rings. The summed E-state index contributed by atoms with van der Waals surface area (Å²) >= 11 is 1.26. The average molecular weight is 256 g/mol. The molecule has 1 heterocycles. The number of aromatic carboxylic acids is 1. The van der Waals surface area contributed by atoms with Crippen LogP contribution in [0.4, 0.5) is 0 Å². The number of nitrogens with two attached hydrogens (primary N) is 1. The average Bonchev–Trinajstić information content (AvgIpc) is 2.59. The van der Waals surface area contributed by atoms with E-state index in [1.54, 1.807) is 0 Å². The second kappa shape index (κ2) is 6.12. The van der Waals surface area contributed by atoms with Gasteiger partial charge < -0.3 is 10.8 Å². The van der Waals surface area contributed by atoms with Crippen LogP contribution in [-0.4, -0.2) is 22.1 Å². The van der Waals surface area contributed by atoms with Crippen LogP contribution in [-0.2, 0) is 12.8 Å². The molecule has 0 fully saturated rings. The highest BCUT2D eigenvalue weighted by atomic mass is 32.1. The van der Waals surface area contributed by atoms with Crippen molar-refractivity contribution >= 4 is 17.3 Å². The summed E-state index contributed by atoms with van der Waals surface area (Å²) in [6, 6.07) is 0.0645. The zero-order chi connectivity index (χ0) is 13.0. The number of rotatable bonds is 6. The molecule has 1 rings (SSSR count). The van der Waals surface area contributed by atoms with E-state index in [2.05, 4.69) is 18.8 Å². The smallest absolute Gasteiger partial charge is 0.347 e.